The molecule has 12 heavy (non-hydrogen) atoms. The molecule has 0 spiro atoms. The Morgan fingerprint density at radius 2 is 1.83 bits per heavy atom. The van der Waals surface area contributed by atoms with Crippen LogP contribution in [0.1, 0.15) is 18.4 Å². The summed E-state index contributed by atoms with van der Waals surface area (Å²) in [4.78, 5) is 0. The van der Waals surface area contributed by atoms with Crippen molar-refractivity contribution in [2.45, 2.75) is 12.8 Å². The molecule has 1 aliphatic carbocycles. The molecule has 0 saturated heterocycles. The van der Waals surface area contributed by atoms with Gasteiger partial charge in [0, 0.05) is 16.7 Å². The largest absolute Gasteiger partial charge is 0.304 e. The van der Waals surface area contributed by atoms with Crippen LogP contribution in [-0.4, -0.2) is 5.71 Å². The SMILES string of the molecule is N=C(c1ccc(Cl)cc1)C1CC1. The van der Waals surface area contributed by atoms with E-state index >= 15 is 0 Å². The minimum Gasteiger partial charge on any atom is -0.304 e. The molecule has 2 heteroatoms. The van der Waals surface area contributed by atoms with Crippen LogP contribution in [0.4, 0.5) is 0 Å². The second kappa shape index (κ2) is 2.91. The molecule has 0 amide bonds. The molecule has 62 valence electrons. The maximum absolute atomic E-state index is 7.77. The first-order valence-electron chi connectivity index (χ1n) is 4.12. The van der Waals surface area contributed by atoms with Gasteiger partial charge in [-0.15, -0.1) is 0 Å². The first-order valence-corrected chi connectivity index (χ1v) is 4.49. The molecule has 1 fully saturated rings. The van der Waals surface area contributed by atoms with Gasteiger partial charge >= 0.3 is 0 Å². The van der Waals surface area contributed by atoms with E-state index in [1.165, 1.54) is 12.8 Å². The zero-order valence-electron chi connectivity index (χ0n) is 6.68. The lowest BCUT2D eigenvalue weighted by atomic mass is 10.1. The molecule has 1 nitrogen and oxygen atoms in total. The summed E-state index contributed by atoms with van der Waals surface area (Å²) in [5.74, 6) is 0.520. The fourth-order valence-corrected chi connectivity index (χ4v) is 1.36. The van der Waals surface area contributed by atoms with E-state index in [-0.39, 0.29) is 0 Å². The van der Waals surface area contributed by atoms with Gasteiger partial charge in [0.1, 0.15) is 0 Å². The highest BCUT2D eigenvalue weighted by Gasteiger charge is 2.26. The van der Waals surface area contributed by atoms with Crippen molar-refractivity contribution in [3.63, 3.8) is 0 Å². The summed E-state index contributed by atoms with van der Waals surface area (Å²) in [6.07, 6.45) is 2.36. The molecule has 0 aromatic heterocycles. The first-order chi connectivity index (χ1) is 5.77. The van der Waals surface area contributed by atoms with E-state index in [0.29, 0.717) is 5.92 Å². The van der Waals surface area contributed by atoms with E-state index in [0.717, 1.165) is 16.3 Å². The van der Waals surface area contributed by atoms with Gasteiger partial charge in [0.2, 0.25) is 0 Å². The summed E-state index contributed by atoms with van der Waals surface area (Å²) >= 11 is 5.74. The number of hydrogen-bond donors (Lipinski definition) is 1. The number of nitrogens with one attached hydrogen (secondary N) is 1. The summed E-state index contributed by atoms with van der Waals surface area (Å²) in [5.41, 5.74) is 1.79. The standard InChI is InChI=1S/C10H10ClN/c11-9-5-3-8(4-6-9)10(12)7-1-2-7/h3-7,12H,1-2H2. The maximum Gasteiger partial charge on any atom is 0.0417 e. The van der Waals surface area contributed by atoms with Gasteiger partial charge in [-0.1, -0.05) is 23.7 Å². The van der Waals surface area contributed by atoms with Crippen molar-refractivity contribution in [1.82, 2.24) is 0 Å². The monoisotopic (exact) mass is 179 g/mol. The van der Waals surface area contributed by atoms with Crippen molar-refractivity contribution in [3.8, 4) is 0 Å². The third kappa shape index (κ3) is 1.51. The second-order valence-electron chi connectivity index (χ2n) is 3.19. The molecule has 1 aromatic carbocycles. The predicted molar refractivity (Wildman–Crippen MR) is 51.0 cm³/mol. The molecule has 1 N–H and O–H groups in total. The number of benzene rings is 1. The topological polar surface area (TPSA) is 23.9 Å². The molecular weight excluding hydrogens is 170 g/mol. The van der Waals surface area contributed by atoms with Crippen molar-refractivity contribution in [1.29, 1.82) is 5.41 Å². The lowest BCUT2D eigenvalue weighted by molar-refractivity contribution is 1.16. The molecule has 0 heterocycles. The Morgan fingerprint density at radius 3 is 2.33 bits per heavy atom. The summed E-state index contributed by atoms with van der Waals surface area (Å²) in [7, 11) is 0. The summed E-state index contributed by atoms with van der Waals surface area (Å²) in [6.45, 7) is 0. The lowest BCUT2D eigenvalue weighted by Gasteiger charge is -2.00. The normalized spacial score (nSPS) is 16.1. The molecule has 1 aliphatic rings. The Bertz CT molecular complexity index is 298. The van der Waals surface area contributed by atoms with Crippen molar-refractivity contribution in [3.05, 3.63) is 34.9 Å². The Balaban J connectivity index is 2.22. The molecule has 0 atom stereocenters. The number of halogens is 1. The summed E-state index contributed by atoms with van der Waals surface area (Å²) in [6, 6.07) is 7.52. The van der Waals surface area contributed by atoms with Crippen LogP contribution < -0.4 is 0 Å². The summed E-state index contributed by atoms with van der Waals surface area (Å²) < 4.78 is 0. The Kier molecular flexibility index (Phi) is 1.89. The van der Waals surface area contributed by atoms with Gasteiger partial charge in [-0.2, -0.15) is 0 Å². The maximum atomic E-state index is 7.77. The van der Waals surface area contributed by atoms with Crippen LogP contribution in [0.25, 0.3) is 0 Å². The average molecular weight is 180 g/mol. The highest BCUT2D eigenvalue weighted by Crippen LogP contribution is 2.32. The van der Waals surface area contributed by atoms with E-state index in [4.69, 9.17) is 17.0 Å². The Morgan fingerprint density at radius 1 is 1.25 bits per heavy atom. The smallest absolute Gasteiger partial charge is 0.0417 e. The quantitative estimate of drug-likeness (QED) is 0.675. The molecule has 1 aromatic rings. The third-order valence-electron chi connectivity index (χ3n) is 2.14. The van der Waals surface area contributed by atoms with E-state index in [1.54, 1.807) is 0 Å². The van der Waals surface area contributed by atoms with Gasteiger partial charge in [-0.3, -0.25) is 0 Å². The minimum atomic E-state index is 0.520. The predicted octanol–water partition coefficient (Wildman–Crippen LogP) is 3.12. The zero-order valence-corrected chi connectivity index (χ0v) is 7.43. The van der Waals surface area contributed by atoms with Crippen LogP contribution >= 0.6 is 11.6 Å². The number of rotatable bonds is 2. The average Bonchev–Trinajstić information content (AvgIpc) is 2.87. The fourth-order valence-electron chi connectivity index (χ4n) is 1.24. The van der Waals surface area contributed by atoms with Crippen molar-refractivity contribution in [2.75, 3.05) is 0 Å². The van der Waals surface area contributed by atoms with E-state index in [1.807, 2.05) is 24.3 Å². The van der Waals surface area contributed by atoms with Crippen LogP contribution in [0, 0.1) is 11.3 Å². The highest BCUT2D eigenvalue weighted by molar-refractivity contribution is 6.30. The van der Waals surface area contributed by atoms with Crippen molar-refractivity contribution < 1.29 is 0 Å². The molecule has 0 bridgehead atoms. The van der Waals surface area contributed by atoms with Gasteiger partial charge in [0.05, 0.1) is 0 Å². The number of hydrogen-bond acceptors (Lipinski definition) is 1. The van der Waals surface area contributed by atoms with Crippen LogP contribution in [0.3, 0.4) is 0 Å². The van der Waals surface area contributed by atoms with Gasteiger partial charge in [-0.05, 0) is 30.5 Å². The van der Waals surface area contributed by atoms with Gasteiger partial charge in [0.15, 0.2) is 0 Å². The molecule has 2 rings (SSSR count). The zero-order chi connectivity index (χ0) is 8.55. The molecule has 0 aliphatic heterocycles. The molecule has 1 saturated carbocycles. The van der Waals surface area contributed by atoms with Crippen LogP contribution in [0.5, 0.6) is 0 Å². The van der Waals surface area contributed by atoms with E-state index in [2.05, 4.69) is 0 Å². The van der Waals surface area contributed by atoms with Crippen LogP contribution in [0.2, 0.25) is 5.02 Å². The van der Waals surface area contributed by atoms with E-state index in [9.17, 15) is 0 Å². The molecule has 0 unspecified atom stereocenters. The molecule has 0 radical (unpaired) electrons. The van der Waals surface area contributed by atoms with E-state index < -0.39 is 0 Å². The molecular formula is C10H10ClN. The highest BCUT2D eigenvalue weighted by atomic mass is 35.5. The minimum absolute atomic E-state index is 0.520. The fraction of sp³-hybridized carbons (Fsp3) is 0.300. The van der Waals surface area contributed by atoms with Crippen LogP contribution in [-0.2, 0) is 0 Å². The lowest BCUT2D eigenvalue weighted by Crippen LogP contribution is -2.00. The van der Waals surface area contributed by atoms with Gasteiger partial charge in [-0.25, -0.2) is 0 Å². The Labute approximate surface area is 76.9 Å². The third-order valence-corrected chi connectivity index (χ3v) is 2.39. The second-order valence-corrected chi connectivity index (χ2v) is 3.63. The summed E-state index contributed by atoms with van der Waals surface area (Å²) in [5, 5.41) is 8.51. The van der Waals surface area contributed by atoms with Gasteiger partial charge < -0.3 is 5.41 Å². The van der Waals surface area contributed by atoms with Crippen molar-refractivity contribution in [2.24, 2.45) is 5.92 Å². The first kappa shape index (κ1) is 7.81. The van der Waals surface area contributed by atoms with Gasteiger partial charge in [0.25, 0.3) is 0 Å². The van der Waals surface area contributed by atoms with Crippen molar-refractivity contribution >= 4 is 17.3 Å². The van der Waals surface area contributed by atoms with Crippen LogP contribution in [0.15, 0.2) is 24.3 Å². The Hall–Kier alpha value is -0.820.